The smallest absolute Gasteiger partial charge is 0.252 e. The summed E-state index contributed by atoms with van der Waals surface area (Å²) in [6.45, 7) is 0.504. The van der Waals surface area contributed by atoms with Gasteiger partial charge in [0.05, 0.1) is 10.6 Å². The van der Waals surface area contributed by atoms with Crippen molar-refractivity contribution in [3.8, 4) is 0 Å². The second-order valence-electron chi connectivity index (χ2n) is 4.96. The number of hydrogen-bond acceptors (Lipinski definition) is 3. The largest absolute Gasteiger partial charge is 0.350 e. The number of carbonyl (C=O) groups excluding carboxylic acids is 1. The first-order chi connectivity index (χ1) is 8.61. The van der Waals surface area contributed by atoms with E-state index < -0.39 is 0 Å². The Labute approximate surface area is 112 Å². The molecule has 2 rings (SSSR count). The molecule has 3 N–H and O–H groups in total. The summed E-state index contributed by atoms with van der Waals surface area (Å²) in [6, 6.07) is 1.61. The number of nitrogens with one attached hydrogen (secondary N) is 1. The number of carbonyl (C=O) groups is 1. The highest BCUT2D eigenvalue weighted by atomic mass is 35.5. The van der Waals surface area contributed by atoms with Crippen LogP contribution in [0.2, 0.25) is 5.02 Å². The Balaban J connectivity index is 1.94. The minimum Gasteiger partial charge on any atom is -0.350 e. The highest BCUT2D eigenvalue weighted by Crippen LogP contribution is 2.25. The first-order valence-electron chi connectivity index (χ1n) is 6.27. The number of pyridine rings is 1. The molecule has 1 aliphatic carbocycles. The monoisotopic (exact) mass is 267 g/mol. The van der Waals surface area contributed by atoms with E-state index in [1.165, 1.54) is 12.6 Å². The molecule has 0 bridgehead atoms. The third-order valence-electron chi connectivity index (χ3n) is 3.47. The lowest BCUT2D eigenvalue weighted by Crippen LogP contribution is -2.51. The first kappa shape index (κ1) is 13.3. The molecule has 0 unspecified atom stereocenters. The molecule has 0 radical (unpaired) electrons. The zero-order valence-corrected chi connectivity index (χ0v) is 11.0. The Kier molecular flexibility index (Phi) is 4.19. The Morgan fingerprint density at radius 1 is 1.44 bits per heavy atom. The van der Waals surface area contributed by atoms with E-state index >= 15 is 0 Å². The van der Waals surface area contributed by atoms with Crippen LogP contribution in [0.15, 0.2) is 18.5 Å². The number of halogens is 1. The molecule has 5 heteroatoms. The van der Waals surface area contributed by atoms with Gasteiger partial charge >= 0.3 is 0 Å². The van der Waals surface area contributed by atoms with Crippen LogP contribution in [0.3, 0.4) is 0 Å². The molecule has 0 aliphatic heterocycles. The van der Waals surface area contributed by atoms with Crippen molar-refractivity contribution in [1.82, 2.24) is 10.3 Å². The van der Waals surface area contributed by atoms with Crippen LogP contribution in [-0.2, 0) is 0 Å². The Hall–Kier alpha value is -1.13. The van der Waals surface area contributed by atoms with Gasteiger partial charge in [0, 0.05) is 24.5 Å². The van der Waals surface area contributed by atoms with E-state index in [2.05, 4.69) is 10.3 Å². The number of hydrogen-bond donors (Lipinski definition) is 2. The lowest BCUT2D eigenvalue weighted by molar-refractivity contribution is 0.0937. The second kappa shape index (κ2) is 5.67. The Morgan fingerprint density at radius 2 is 2.17 bits per heavy atom. The molecule has 1 saturated carbocycles. The van der Waals surface area contributed by atoms with Crippen LogP contribution in [0.5, 0.6) is 0 Å². The fraction of sp³-hybridized carbons (Fsp3) is 0.538. The van der Waals surface area contributed by atoms with Gasteiger partial charge in [0.15, 0.2) is 0 Å². The number of amides is 1. The van der Waals surface area contributed by atoms with Crippen molar-refractivity contribution in [3.05, 3.63) is 29.0 Å². The Morgan fingerprint density at radius 3 is 2.83 bits per heavy atom. The van der Waals surface area contributed by atoms with Crippen molar-refractivity contribution in [2.24, 2.45) is 5.73 Å². The van der Waals surface area contributed by atoms with Gasteiger partial charge in [-0.3, -0.25) is 9.78 Å². The van der Waals surface area contributed by atoms with E-state index in [4.69, 9.17) is 17.3 Å². The average Bonchev–Trinajstić information content (AvgIpc) is 2.38. The van der Waals surface area contributed by atoms with Crippen molar-refractivity contribution in [3.63, 3.8) is 0 Å². The van der Waals surface area contributed by atoms with Crippen LogP contribution in [-0.4, -0.2) is 23.0 Å². The molecule has 0 atom stereocenters. The standard InChI is InChI=1S/C13H18ClN3O/c14-11-8-16-7-4-10(11)12(18)17-9-13(15)5-2-1-3-6-13/h4,7-8H,1-3,5-6,9,15H2,(H,17,18). The number of nitrogens with zero attached hydrogens (tertiary/aromatic N) is 1. The van der Waals surface area contributed by atoms with Crippen molar-refractivity contribution < 1.29 is 4.79 Å². The van der Waals surface area contributed by atoms with Crippen molar-refractivity contribution in [1.29, 1.82) is 0 Å². The minimum atomic E-state index is -0.257. The fourth-order valence-corrected chi connectivity index (χ4v) is 2.55. The van der Waals surface area contributed by atoms with Crippen molar-refractivity contribution in [2.75, 3.05) is 6.54 Å². The maximum absolute atomic E-state index is 12.0. The number of rotatable bonds is 3. The third kappa shape index (κ3) is 3.21. The zero-order valence-electron chi connectivity index (χ0n) is 10.3. The van der Waals surface area contributed by atoms with Crippen LogP contribution in [0.1, 0.15) is 42.5 Å². The maximum Gasteiger partial charge on any atom is 0.252 e. The first-order valence-corrected chi connectivity index (χ1v) is 6.65. The molecule has 4 nitrogen and oxygen atoms in total. The molecular weight excluding hydrogens is 250 g/mol. The average molecular weight is 268 g/mol. The summed E-state index contributed by atoms with van der Waals surface area (Å²) in [5, 5.41) is 3.24. The van der Waals surface area contributed by atoms with E-state index in [1.54, 1.807) is 12.3 Å². The fourth-order valence-electron chi connectivity index (χ4n) is 2.34. The molecule has 0 spiro atoms. The molecule has 18 heavy (non-hydrogen) atoms. The predicted molar refractivity (Wildman–Crippen MR) is 71.6 cm³/mol. The van der Waals surface area contributed by atoms with E-state index in [-0.39, 0.29) is 11.4 Å². The molecule has 0 saturated heterocycles. The van der Waals surface area contributed by atoms with Gasteiger partial charge in [-0.1, -0.05) is 30.9 Å². The molecule has 1 aromatic rings. The Bertz CT molecular complexity index is 430. The van der Waals surface area contributed by atoms with Crippen LogP contribution in [0.4, 0.5) is 0 Å². The van der Waals surface area contributed by atoms with Crippen LogP contribution in [0, 0.1) is 0 Å². The minimum absolute atomic E-state index is 0.183. The molecule has 1 fully saturated rings. The van der Waals surface area contributed by atoms with Gasteiger partial charge < -0.3 is 11.1 Å². The summed E-state index contributed by atoms with van der Waals surface area (Å²) >= 11 is 5.92. The predicted octanol–water partition coefficient (Wildman–Crippen LogP) is 2.13. The lowest BCUT2D eigenvalue weighted by atomic mass is 9.82. The second-order valence-corrected chi connectivity index (χ2v) is 5.37. The van der Waals surface area contributed by atoms with Gasteiger partial charge in [-0.25, -0.2) is 0 Å². The molecule has 1 amide bonds. The summed E-state index contributed by atoms with van der Waals surface area (Å²) in [5.74, 6) is -0.183. The molecule has 0 aromatic carbocycles. The summed E-state index contributed by atoms with van der Waals surface area (Å²) in [7, 11) is 0. The molecular formula is C13H18ClN3O. The number of aromatic nitrogens is 1. The third-order valence-corrected chi connectivity index (χ3v) is 3.77. The maximum atomic E-state index is 12.0. The zero-order chi connectivity index (χ0) is 13.0. The van der Waals surface area contributed by atoms with Gasteiger partial charge in [-0.2, -0.15) is 0 Å². The molecule has 1 aliphatic rings. The highest BCUT2D eigenvalue weighted by Gasteiger charge is 2.28. The topological polar surface area (TPSA) is 68.0 Å². The SMILES string of the molecule is NC1(CNC(=O)c2ccncc2Cl)CCCCC1. The summed E-state index contributed by atoms with van der Waals surface area (Å²) in [5.41, 5.74) is 6.46. The quantitative estimate of drug-likeness (QED) is 0.882. The lowest BCUT2D eigenvalue weighted by Gasteiger charge is -2.33. The van der Waals surface area contributed by atoms with Crippen molar-refractivity contribution >= 4 is 17.5 Å². The summed E-state index contributed by atoms with van der Waals surface area (Å²) in [4.78, 5) is 15.8. The molecule has 1 heterocycles. The van der Waals surface area contributed by atoms with Gasteiger partial charge in [-0.05, 0) is 18.9 Å². The normalized spacial score (nSPS) is 18.3. The van der Waals surface area contributed by atoms with Gasteiger partial charge in [0.25, 0.3) is 5.91 Å². The van der Waals surface area contributed by atoms with E-state index in [0.29, 0.717) is 17.1 Å². The van der Waals surface area contributed by atoms with E-state index in [1.807, 2.05) is 0 Å². The number of nitrogens with two attached hydrogens (primary N) is 1. The highest BCUT2D eigenvalue weighted by molar-refractivity contribution is 6.33. The molecule has 98 valence electrons. The van der Waals surface area contributed by atoms with E-state index in [9.17, 15) is 4.79 Å². The van der Waals surface area contributed by atoms with Crippen LogP contribution >= 0.6 is 11.6 Å². The summed E-state index contributed by atoms with van der Waals surface area (Å²) < 4.78 is 0. The van der Waals surface area contributed by atoms with Crippen LogP contribution < -0.4 is 11.1 Å². The van der Waals surface area contributed by atoms with Crippen molar-refractivity contribution in [2.45, 2.75) is 37.6 Å². The van der Waals surface area contributed by atoms with Gasteiger partial charge in [0.2, 0.25) is 0 Å². The summed E-state index contributed by atoms with van der Waals surface area (Å²) in [6.07, 6.45) is 8.48. The van der Waals surface area contributed by atoms with Crippen LogP contribution in [0.25, 0.3) is 0 Å². The van der Waals surface area contributed by atoms with Gasteiger partial charge in [0.1, 0.15) is 0 Å². The molecule has 1 aromatic heterocycles. The van der Waals surface area contributed by atoms with E-state index in [0.717, 1.165) is 25.7 Å². The van der Waals surface area contributed by atoms with Gasteiger partial charge in [-0.15, -0.1) is 0 Å².